The summed E-state index contributed by atoms with van der Waals surface area (Å²) in [6.07, 6.45) is 8.04. The summed E-state index contributed by atoms with van der Waals surface area (Å²) < 4.78 is 27.5. The molecule has 0 aliphatic carbocycles. The second-order valence-electron chi connectivity index (χ2n) is 8.02. The van der Waals surface area contributed by atoms with Crippen LogP contribution in [-0.2, 0) is 10.0 Å². The van der Waals surface area contributed by atoms with Gasteiger partial charge in [-0.25, -0.2) is 13.4 Å². The van der Waals surface area contributed by atoms with Gasteiger partial charge in [0.2, 0.25) is 10.0 Å². The van der Waals surface area contributed by atoms with Gasteiger partial charge in [0.25, 0.3) is 0 Å². The molecule has 9 heteroatoms. The largest absolute Gasteiger partial charge is 0.508 e. The number of nitrogens with zero attached hydrogens (tertiary/aromatic N) is 3. The quantitative estimate of drug-likeness (QED) is 0.466. The number of hydrogen-bond acceptors (Lipinski definition) is 7. The first-order valence-electron chi connectivity index (χ1n) is 10.9. The van der Waals surface area contributed by atoms with Gasteiger partial charge in [-0.05, 0) is 67.9 Å². The molecule has 174 valence electrons. The Morgan fingerprint density at radius 3 is 2.67 bits per heavy atom. The van der Waals surface area contributed by atoms with Crippen molar-refractivity contribution >= 4 is 44.3 Å². The number of phenols is 1. The van der Waals surface area contributed by atoms with E-state index in [0.717, 1.165) is 30.1 Å². The molecular formula is C24H28N4O3S2. The molecule has 2 heterocycles. The lowest BCUT2D eigenvalue weighted by molar-refractivity contribution is 0.310. The SMILES string of the molecule is CN(CCN1CCCC1)S(=O)(=O)c1cccc(Nc2ncc(C=Cc3ccc(O)cc3)s2)c1. The summed E-state index contributed by atoms with van der Waals surface area (Å²) in [7, 11) is -1.92. The predicted molar refractivity (Wildman–Crippen MR) is 134 cm³/mol. The zero-order valence-corrected chi connectivity index (χ0v) is 20.1. The number of aromatic hydroxyl groups is 1. The van der Waals surface area contributed by atoms with Gasteiger partial charge in [-0.3, -0.25) is 0 Å². The van der Waals surface area contributed by atoms with Crippen molar-refractivity contribution in [2.45, 2.75) is 17.7 Å². The summed E-state index contributed by atoms with van der Waals surface area (Å²) >= 11 is 1.47. The normalized spacial score (nSPS) is 15.0. The predicted octanol–water partition coefficient (Wildman–Crippen LogP) is 4.48. The molecule has 33 heavy (non-hydrogen) atoms. The first-order valence-corrected chi connectivity index (χ1v) is 13.1. The molecule has 1 aliphatic heterocycles. The van der Waals surface area contributed by atoms with E-state index in [9.17, 15) is 13.5 Å². The van der Waals surface area contributed by atoms with Crippen LogP contribution in [0.25, 0.3) is 12.2 Å². The second-order valence-corrected chi connectivity index (χ2v) is 11.1. The van der Waals surface area contributed by atoms with Crippen LogP contribution in [0.4, 0.5) is 10.8 Å². The van der Waals surface area contributed by atoms with Crippen LogP contribution in [0.3, 0.4) is 0 Å². The van der Waals surface area contributed by atoms with Crippen LogP contribution in [0.1, 0.15) is 23.3 Å². The molecule has 0 spiro atoms. The number of likely N-dealkylation sites (N-methyl/N-ethyl adjacent to an activating group) is 1. The molecule has 1 fully saturated rings. The molecule has 4 rings (SSSR count). The Morgan fingerprint density at radius 2 is 1.91 bits per heavy atom. The maximum absolute atomic E-state index is 13.0. The zero-order valence-electron chi connectivity index (χ0n) is 18.5. The average Bonchev–Trinajstić information content (AvgIpc) is 3.49. The minimum Gasteiger partial charge on any atom is -0.508 e. The third-order valence-electron chi connectivity index (χ3n) is 5.58. The Hall–Kier alpha value is -2.72. The van der Waals surface area contributed by atoms with Crippen LogP contribution in [0, 0.1) is 0 Å². The van der Waals surface area contributed by atoms with Crippen molar-refractivity contribution in [2.75, 3.05) is 38.5 Å². The number of phenolic OH excluding ortho intramolecular Hbond substituents is 1. The summed E-state index contributed by atoms with van der Waals surface area (Å²) in [6.45, 7) is 3.33. The van der Waals surface area contributed by atoms with E-state index in [1.165, 1.54) is 28.5 Å². The molecule has 1 saturated heterocycles. The molecule has 0 radical (unpaired) electrons. The lowest BCUT2D eigenvalue weighted by Gasteiger charge is -2.21. The molecule has 3 aromatic rings. The second kappa shape index (κ2) is 10.5. The van der Waals surface area contributed by atoms with Crippen LogP contribution >= 0.6 is 11.3 Å². The zero-order chi connectivity index (χ0) is 23.3. The third kappa shape index (κ3) is 6.20. The third-order valence-corrected chi connectivity index (χ3v) is 8.31. The molecule has 1 aliphatic rings. The summed E-state index contributed by atoms with van der Waals surface area (Å²) in [6, 6.07) is 13.8. The highest BCUT2D eigenvalue weighted by molar-refractivity contribution is 7.89. The number of likely N-dealkylation sites (tertiary alicyclic amines) is 1. The van der Waals surface area contributed by atoms with E-state index in [4.69, 9.17) is 0 Å². The van der Waals surface area contributed by atoms with E-state index in [1.807, 2.05) is 30.4 Å². The fourth-order valence-electron chi connectivity index (χ4n) is 3.63. The highest BCUT2D eigenvalue weighted by atomic mass is 32.2. The Kier molecular flexibility index (Phi) is 7.44. The van der Waals surface area contributed by atoms with E-state index in [1.54, 1.807) is 43.6 Å². The number of benzene rings is 2. The Bertz CT molecular complexity index is 1200. The monoisotopic (exact) mass is 484 g/mol. The van der Waals surface area contributed by atoms with Gasteiger partial charge < -0.3 is 15.3 Å². The lowest BCUT2D eigenvalue weighted by atomic mass is 10.2. The van der Waals surface area contributed by atoms with E-state index in [2.05, 4.69) is 15.2 Å². The summed E-state index contributed by atoms with van der Waals surface area (Å²) in [5, 5.41) is 13.3. The number of anilines is 2. The maximum atomic E-state index is 13.0. The van der Waals surface area contributed by atoms with Crippen molar-refractivity contribution in [1.82, 2.24) is 14.2 Å². The van der Waals surface area contributed by atoms with Gasteiger partial charge in [0.1, 0.15) is 5.75 Å². The highest BCUT2D eigenvalue weighted by Gasteiger charge is 2.22. The van der Waals surface area contributed by atoms with Crippen molar-refractivity contribution in [3.8, 4) is 5.75 Å². The number of hydrogen-bond donors (Lipinski definition) is 2. The highest BCUT2D eigenvalue weighted by Crippen LogP contribution is 2.26. The van der Waals surface area contributed by atoms with Crippen molar-refractivity contribution in [2.24, 2.45) is 0 Å². The van der Waals surface area contributed by atoms with Gasteiger partial charge in [0.15, 0.2) is 5.13 Å². The minimum absolute atomic E-state index is 0.235. The van der Waals surface area contributed by atoms with Gasteiger partial charge in [-0.2, -0.15) is 4.31 Å². The van der Waals surface area contributed by atoms with Gasteiger partial charge >= 0.3 is 0 Å². The summed E-state index contributed by atoms with van der Waals surface area (Å²) in [4.78, 5) is 7.91. The molecule has 2 N–H and O–H groups in total. The average molecular weight is 485 g/mol. The number of rotatable bonds is 9. The van der Waals surface area contributed by atoms with Gasteiger partial charge in [0.05, 0.1) is 4.90 Å². The van der Waals surface area contributed by atoms with Crippen molar-refractivity contribution in [3.63, 3.8) is 0 Å². The van der Waals surface area contributed by atoms with E-state index in [-0.39, 0.29) is 10.6 Å². The Balaban J connectivity index is 1.40. The van der Waals surface area contributed by atoms with Gasteiger partial charge in [-0.15, -0.1) is 0 Å². The minimum atomic E-state index is -3.56. The number of aromatic nitrogens is 1. The molecule has 0 amide bonds. The van der Waals surface area contributed by atoms with Gasteiger partial charge in [0, 0.05) is 36.9 Å². The number of sulfonamides is 1. The molecule has 0 saturated carbocycles. The first kappa shape index (κ1) is 23.4. The molecule has 2 aromatic carbocycles. The Labute approximate surface area is 199 Å². The standard InChI is InChI=1S/C24H28N4O3S2/c1-27(15-16-28-13-2-3-14-28)33(30,31)23-6-4-5-20(17-23)26-24-25-18-22(32-24)12-9-19-7-10-21(29)11-8-19/h4-12,17-18,29H,2-3,13-16H2,1H3,(H,25,26). The lowest BCUT2D eigenvalue weighted by Crippen LogP contribution is -2.35. The summed E-state index contributed by atoms with van der Waals surface area (Å²) in [5.41, 5.74) is 1.65. The molecule has 0 unspecified atom stereocenters. The van der Waals surface area contributed by atoms with Crippen LogP contribution in [0.2, 0.25) is 0 Å². The van der Waals surface area contributed by atoms with E-state index in [0.29, 0.717) is 17.4 Å². The molecule has 0 atom stereocenters. The topological polar surface area (TPSA) is 85.8 Å². The number of nitrogens with one attached hydrogen (secondary N) is 1. The molecule has 1 aromatic heterocycles. The van der Waals surface area contributed by atoms with Crippen LogP contribution in [0.15, 0.2) is 59.6 Å². The van der Waals surface area contributed by atoms with Crippen LogP contribution < -0.4 is 5.32 Å². The van der Waals surface area contributed by atoms with Crippen LogP contribution in [0.5, 0.6) is 5.75 Å². The van der Waals surface area contributed by atoms with Crippen LogP contribution in [-0.4, -0.2) is 60.9 Å². The fraction of sp³-hybridized carbons (Fsp3) is 0.292. The van der Waals surface area contributed by atoms with E-state index >= 15 is 0 Å². The smallest absolute Gasteiger partial charge is 0.242 e. The number of thiazole rings is 1. The van der Waals surface area contributed by atoms with Crippen molar-refractivity contribution in [3.05, 3.63) is 65.2 Å². The molecule has 7 nitrogen and oxygen atoms in total. The molecular weight excluding hydrogens is 456 g/mol. The summed E-state index contributed by atoms with van der Waals surface area (Å²) in [5.74, 6) is 0.235. The van der Waals surface area contributed by atoms with Crippen molar-refractivity contribution < 1.29 is 13.5 Å². The first-order chi connectivity index (χ1) is 15.9. The van der Waals surface area contributed by atoms with E-state index < -0.39 is 10.0 Å². The van der Waals surface area contributed by atoms with Crippen molar-refractivity contribution in [1.29, 1.82) is 0 Å². The van der Waals surface area contributed by atoms with Gasteiger partial charge in [-0.1, -0.05) is 35.6 Å². The molecule has 0 bridgehead atoms. The fourth-order valence-corrected chi connectivity index (χ4v) is 5.58. The maximum Gasteiger partial charge on any atom is 0.242 e. The Morgan fingerprint density at radius 1 is 1.15 bits per heavy atom.